The Morgan fingerprint density at radius 3 is 2.41 bits per heavy atom. The molecule has 0 N–H and O–H groups in total. The number of nitrogens with zero attached hydrogens (tertiary/aromatic N) is 1. The third-order valence-electron chi connectivity index (χ3n) is 6.26. The van der Waals surface area contributed by atoms with Crippen LogP contribution in [0.3, 0.4) is 0 Å². The van der Waals surface area contributed by atoms with Crippen molar-refractivity contribution in [3.05, 3.63) is 35.9 Å². The van der Waals surface area contributed by atoms with Crippen molar-refractivity contribution in [3.63, 3.8) is 0 Å². The second-order valence-electron chi connectivity index (χ2n) is 7.29. The number of benzene rings is 1. The average Bonchev–Trinajstić information content (AvgIpc) is 2.51. The molecule has 3 aliphatic heterocycles. The topological polar surface area (TPSA) is 29.5 Å². The highest BCUT2D eigenvalue weighted by molar-refractivity contribution is 5.84. The maximum Gasteiger partial charge on any atom is 0.316 e. The summed E-state index contributed by atoms with van der Waals surface area (Å²) in [7, 11) is 0. The van der Waals surface area contributed by atoms with Gasteiger partial charge >= 0.3 is 5.97 Å². The summed E-state index contributed by atoms with van der Waals surface area (Å²) in [6.45, 7) is 4.56. The lowest BCUT2D eigenvalue weighted by atomic mass is 9.64. The van der Waals surface area contributed by atoms with Gasteiger partial charge in [0, 0.05) is 6.04 Å². The second-order valence-corrected chi connectivity index (χ2v) is 7.29. The van der Waals surface area contributed by atoms with E-state index in [1.807, 2.05) is 18.2 Å². The third kappa shape index (κ3) is 2.10. The van der Waals surface area contributed by atoms with Crippen molar-refractivity contribution >= 4 is 5.97 Å². The van der Waals surface area contributed by atoms with E-state index >= 15 is 0 Å². The molecule has 3 heteroatoms. The molecule has 0 spiro atoms. The molecule has 2 atom stereocenters. The largest absolute Gasteiger partial charge is 0.460 e. The second kappa shape index (κ2) is 5.38. The molecule has 22 heavy (non-hydrogen) atoms. The molecule has 2 unspecified atom stereocenters. The SMILES string of the molecule is CC1C(OC(=O)C2(c3ccccc3)CCC2)C2CCN1CC2. The molecule has 1 aromatic rings. The summed E-state index contributed by atoms with van der Waals surface area (Å²) in [6, 6.07) is 10.6. The number of piperidine rings is 3. The van der Waals surface area contributed by atoms with Gasteiger partial charge in [0.05, 0.1) is 5.41 Å². The Labute approximate surface area is 132 Å². The van der Waals surface area contributed by atoms with Gasteiger partial charge in [-0.05, 0) is 57.2 Å². The van der Waals surface area contributed by atoms with Gasteiger partial charge in [-0.1, -0.05) is 36.8 Å². The van der Waals surface area contributed by atoms with Crippen LogP contribution in [0.2, 0.25) is 0 Å². The number of ether oxygens (including phenoxy) is 1. The Bertz CT molecular complexity index is 542. The van der Waals surface area contributed by atoms with Crippen molar-refractivity contribution in [1.82, 2.24) is 4.90 Å². The highest BCUT2D eigenvalue weighted by atomic mass is 16.5. The van der Waals surface area contributed by atoms with Crippen molar-refractivity contribution in [2.24, 2.45) is 5.92 Å². The van der Waals surface area contributed by atoms with Gasteiger partial charge in [-0.2, -0.15) is 0 Å². The summed E-state index contributed by atoms with van der Waals surface area (Å²) >= 11 is 0. The van der Waals surface area contributed by atoms with Crippen LogP contribution in [0.4, 0.5) is 0 Å². The molecule has 0 aromatic heterocycles. The fourth-order valence-corrected chi connectivity index (χ4v) is 4.59. The summed E-state index contributed by atoms with van der Waals surface area (Å²) in [5.74, 6) is 0.590. The molecule has 1 aliphatic carbocycles. The average molecular weight is 299 g/mol. The zero-order chi connectivity index (χ0) is 15.2. The summed E-state index contributed by atoms with van der Waals surface area (Å²) in [6.07, 6.45) is 5.45. The van der Waals surface area contributed by atoms with E-state index in [0.29, 0.717) is 12.0 Å². The fourth-order valence-electron chi connectivity index (χ4n) is 4.59. The first kappa shape index (κ1) is 14.3. The molecule has 0 amide bonds. The number of carbonyl (C=O) groups excluding carboxylic acids is 1. The predicted molar refractivity (Wildman–Crippen MR) is 85.6 cm³/mol. The Kier molecular flexibility index (Phi) is 3.48. The van der Waals surface area contributed by atoms with Gasteiger partial charge in [0.15, 0.2) is 0 Å². The minimum atomic E-state index is -0.368. The van der Waals surface area contributed by atoms with Crippen molar-refractivity contribution < 1.29 is 9.53 Å². The number of rotatable bonds is 3. The van der Waals surface area contributed by atoms with E-state index in [4.69, 9.17) is 4.74 Å². The normalized spacial score (nSPS) is 35.7. The van der Waals surface area contributed by atoms with E-state index in [1.165, 1.54) is 25.9 Å². The first-order valence-electron chi connectivity index (χ1n) is 8.71. The molecule has 2 bridgehead atoms. The lowest BCUT2D eigenvalue weighted by Gasteiger charge is -2.50. The van der Waals surface area contributed by atoms with E-state index in [9.17, 15) is 4.79 Å². The fraction of sp³-hybridized carbons (Fsp3) is 0.632. The predicted octanol–water partition coefficient (Wildman–Crippen LogP) is 3.13. The molecule has 4 aliphatic rings. The molecule has 0 radical (unpaired) electrons. The summed E-state index contributed by atoms with van der Waals surface area (Å²) in [5.41, 5.74) is 0.771. The Hall–Kier alpha value is -1.35. The van der Waals surface area contributed by atoms with Crippen molar-refractivity contribution in [2.45, 2.75) is 56.6 Å². The van der Waals surface area contributed by atoms with E-state index in [1.54, 1.807) is 0 Å². The summed E-state index contributed by atoms with van der Waals surface area (Å²) < 4.78 is 6.12. The van der Waals surface area contributed by atoms with Gasteiger partial charge < -0.3 is 4.74 Å². The van der Waals surface area contributed by atoms with Crippen LogP contribution >= 0.6 is 0 Å². The molecular formula is C19H25NO2. The third-order valence-corrected chi connectivity index (χ3v) is 6.26. The highest BCUT2D eigenvalue weighted by Gasteiger charge is 2.50. The molecule has 3 heterocycles. The van der Waals surface area contributed by atoms with Crippen LogP contribution in [0.15, 0.2) is 30.3 Å². The van der Waals surface area contributed by atoms with Gasteiger partial charge in [0.2, 0.25) is 0 Å². The van der Waals surface area contributed by atoms with Crippen molar-refractivity contribution in [3.8, 4) is 0 Å². The number of carbonyl (C=O) groups is 1. The number of hydrogen-bond donors (Lipinski definition) is 0. The maximum atomic E-state index is 13.0. The van der Waals surface area contributed by atoms with Gasteiger partial charge in [0.1, 0.15) is 6.10 Å². The van der Waals surface area contributed by atoms with Crippen LogP contribution in [0.1, 0.15) is 44.6 Å². The van der Waals surface area contributed by atoms with Gasteiger partial charge in [-0.3, -0.25) is 9.69 Å². The molecular weight excluding hydrogens is 274 g/mol. The molecule has 1 aromatic carbocycles. The van der Waals surface area contributed by atoms with Gasteiger partial charge in [-0.25, -0.2) is 0 Å². The zero-order valence-electron chi connectivity index (χ0n) is 13.3. The monoisotopic (exact) mass is 299 g/mol. The lowest BCUT2D eigenvalue weighted by molar-refractivity contribution is -0.175. The van der Waals surface area contributed by atoms with E-state index in [2.05, 4.69) is 24.0 Å². The quantitative estimate of drug-likeness (QED) is 0.803. The zero-order valence-corrected chi connectivity index (χ0v) is 13.3. The van der Waals surface area contributed by atoms with Gasteiger partial charge in [0.25, 0.3) is 0 Å². The van der Waals surface area contributed by atoms with E-state index < -0.39 is 0 Å². The first-order chi connectivity index (χ1) is 10.7. The van der Waals surface area contributed by atoms with Gasteiger partial charge in [-0.15, -0.1) is 0 Å². The first-order valence-corrected chi connectivity index (χ1v) is 8.71. The minimum absolute atomic E-state index is 0.0237. The molecule has 5 rings (SSSR count). The van der Waals surface area contributed by atoms with Crippen LogP contribution in [-0.4, -0.2) is 36.1 Å². The standard InChI is InChI=1S/C19H25NO2/c1-14-17(15-8-12-20(14)13-9-15)22-18(21)19(10-5-11-19)16-6-3-2-4-7-16/h2-4,6-7,14-15,17H,5,8-13H2,1H3. The number of hydrogen-bond acceptors (Lipinski definition) is 3. The van der Waals surface area contributed by atoms with E-state index in [0.717, 1.165) is 24.8 Å². The lowest BCUT2D eigenvalue weighted by Crippen LogP contribution is -2.59. The Morgan fingerprint density at radius 2 is 1.86 bits per heavy atom. The molecule has 3 saturated heterocycles. The van der Waals surface area contributed by atoms with Crippen LogP contribution in [-0.2, 0) is 14.9 Å². The van der Waals surface area contributed by atoms with Crippen molar-refractivity contribution in [1.29, 1.82) is 0 Å². The number of esters is 1. The Balaban J connectivity index is 1.54. The van der Waals surface area contributed by atoms with Crippen molar-refractivity contribution in [2.75, 3.05) is 13.1 Å². The summed E-state index contributed by atoms with van der Waals surface area (Å²) in [4.78, 5) is 15.5. The summed E-state index contributed by atoms with van der Waals surface area (Å²) in [5, 5.41) is 0. The van der Waals surface area contributed by atoms with E-state index in [-0.39, 0.29) is 17.5 Å². The minimum Gasteiger partial charge on any atom is -0.460 e. The smallest absolute Gasteiger partial charge is 0.316 e. The maximum absolute atomic E-state index is 13.0. The molecule has 118 valence electrons. The molecule has 1 saturated carbocycles. The highest BCUT2D eigenvalue weighted by Crippen LogP contribution is 2.46. The van der Waals surface area contributed by atoms with Crippen LogP contribution in [0.25, 0.3) is 0 Å². The van der Waals surface area contributed by atoms with Crippen LogP contribution in [0.5, 0.6) is 0 Å². The molecule has 4 fully saturated rings. The van der Waals surface area contributed by atoms with Crippen LogP contribution < -0.4 is 0 Å². The van der Waals surface area contributed by atoms with Crippen LogP contribution in [0, 0.1) is 5.92 Å². The molecule has 3 nitrogen and oxygen atoms in total. The number of fused-ring (bicyclic) bond motifs is 3. The Morgan fingerprint density at radius 1 is 1.18 bits per heavy atom.